The molecule has 2 aliphatic carbocycles. The summed E-state index contributed by atoms with van der Waals surface area (Å²) in [6.45, 7) is 1.06. The van der Waals surface area contributed by atoms with Crippen LogP contribution in [-0.4, -0.2) is 47.3 Å². The SMILES string of the molecule is CN(CC(=O)N1CCCC12Cc1ccccc1C2)C(=O)C1CC1. The first-order valence-electron chi connectivity index (χ1n) is 8.71. The Morgan fingerprint density at radius 3 is 2.48 bits per heavy atom. The van der Waals surface area contributed by atoms with Gasteiger partial charge in [0.2, 0.25) is 11.8 Å². The number of carbonyl (C=O) groups is 2. The lowest BCUT2D eigenvalue weighted by Crippen LogP contribution is -2.51. The molecule has 1 saturated carbocycles. The fraction of sp³-hybridized carbons (Fsp3) is 0.579. The van der Waals surface area contributed by atoms with Gasteiger partial charge in [-0.1, -0.05) is 24.3 Å². The van der Waals surface area contributed by atoms with Gasteiger partial charge in [-0.25, -0.2) is 0 Å². The van der Waals surface area contributed by atoms with Crippen LogP contribution in [0, 0.1) is 5.92 Å². The zero-order chi connectivity index (χ0) is 16.0. The van der Waals surface area contributed by atoms with Crippen LogP contribution in [0.25, 0.3) is 0 Å². The molecule has 23 heavy (non-hydrogen) atoms. The van der Waals surface area contributed by atoms with Crippen molar-refractivity contribution in [1.29, 1.82) is 0 Å². The maximum atomic E-state index is 12.8. The first kappa shape index (κ1) is 14.7. The Hall–Kier alpha value is -1.84. The third-order valence-corrected chi connectivity index (χ3v) is 5.73. The average Bonchev–Trinajstić information content (AvgIpc) is 3.21. The van der Waals surface area contributed by atoms with Crippen molar-refractivity contribution in [2.24, 2.45) is 5.92 Å². The van der Waals surface area contributed by atoms with Crippen LogP contribution in [0.4, 0.5) is 0 Å². The summed E-state index contributed by atoms with van der Waals surface area (Å²) < 4.78 is 0. The lowest BCUT2D eigenvalue weighted by molar-refractivity contribution is -0.142. The average molecular weight is 312 g/mol. The Labute approximate surface area is 137 Å². The molecule has 2 amide bonds. The molecule has 122 valence electrons. The van der Waals surface area contributed by atoms with Crippen molar-refractivity contribution < 1.29 is 9.59 Å². The molecular formula is C19H24N2O2. The van der Waals surface area contributed by atoms with E-state index in [1.54, 1.807) is 11.9 Å². The number of likely N-dealkylation sites (tertiary alicyclic amines) is 1. The molecule has 0 aromatic heterocycles. The van der Waals surface area contributed by atoms with E-state index in [-0.39, 0.29) is 29.8 Å². The van der Waals surface area contributed by atoms with E-state index in [2.05, 4.69) is 29.2 Å². The van der Waals surface area contributed by atoms with E-state index >= 15 is 0 Å². The van der Waals surface area contributed by atoms with Crippen LogP contribution in [0.5, 0.6) is 0 Å². The zero-order valence-corrected chi connectivity index (χ0v) is 13.8. The number of benzene rings is 1. The van der Waals surface area contributed by atoms with Gasteiger partial charge in [0, 0.05) is 19.5 Å². The van der Waals surface area contributed by atoms with E-state index in [0.29, 0.717) is 0 Å². The second-order valence-electron chi connectivity index (χ2n) is 7.46. The van der Waals surface area contributed by atoms with Gasteiger partial charge in [-0.2, -0.15) is 0 Å². The predicted octanol–water partition coefficient (Wildman–Crippen LogP) is 2.01. The van der Waals surface area contributed by atoms with E-state index in [9.17, 15) is 9.59 Å². The van der Waals surface area contributed by atoms with E-state index < -0.39 is 0 Å². The molecular weight excluding hydrogens is 288 g/mol. The zero-order valence-electron chi connectivity index (χ0n) is 13.8. The third kappa shape index (κ3) is 2.54. The van der Waals surface area contributed by atoms with Crippen molar-refractivity contribution in [3.8, 4) is 0 Å². The summed E-state index contributed by atoms with van der Waals surface area (Å²) in [6, 6.07) is 8.55. The number of hydrogen-bond donors (Lipinski definition) is 0. The van der Waals surface area contributed by atoms with Crippen molar-refractivity contribution in [2.45, 2.75) is 44.1 Å². The van der Waals surface area contributed by atoms with Gasteiger partial charge < -0.3 is 9.80 Å². The van der Waals surface area contributed by atoms with Crippen LogP contribution in [0.1, 0.15) is 36.8 Å². The number of carbonyl (C=O) groups excluding carboxylic acids is 2. The molecule has 0 N–H and O–H groups in total. The van der Waals surface area contributed by atoms with Gasteiger partial charge in [-0.3, -0.25) is 9.59 Å². The molecule has 0 unspecified atom stereocenters. The van der Waals surface area contributed by atoms with Gasteiger partial charge in [0.1, 0.15) is 0 Å². The van der Waals surface area contributed by atoms with Gasteiger partial charge in [-0.15, -0.1) is 0 Å². The van der Waals surface area contributed by atoms with Gasteiger partial charge in [-0.05, 0) is 49.7 Å². The number of hydrogen-bond acceptors (Lipinski definition) is 2. The highest BCUT2D eigenvalue weighted by atomic mass is 16.2. The minimum Gasteiger partial charge on any atom is -0.336 e. The Morgan fingerprint density at radius 2 is 1.87 bits per heavy atom. The van der Waals surface area contributed by atoms with E-state index in [4.69, 9.17) is 0 Å². The molecule has 4 nitrogen and oxygen atoms in total. The van der Waals surface area contributed by atoms with Gasteiger partial charge in [0.05, 0.1) is 12.1 Å². The summed E-state index contributed by atoms with van der Waals surface area (Å²) in [6.07, 6.45) is 6.05. The molecule has 0 atom stereocenters. The Bertz CT molecular complexity index is 626. The molecule has 3 aliphatic rings. The smallest absolute Gasteiger partial charge is 0.242 e. The van der Waals surface area contributed by atoms with Crippen molar-refractivity contribution in [1.82, 2.24) is 9.80 Å². The predicted molar refractivity (Wildman–Crippen MR) is 87.9 cm³/mol. The first-order valence-corrected chi connectivity index (χ1v) is 8.71. The molecule has 1 aromatic rings. The topological polar surface area (TPSA) is 40.6 Å². The highest BCUT2D eigenvalue weighted by Gasteiger charge is 2.47. The second kappa shape index (κ2) is 5.36. The van der Waals surface area contributed by atoms with Gasteiger partial charge in [0.25, 0.3) is 0 Å². The van der Waals surface area contributed by atoms with Crippen LogP contribution in [0.15, 0.2) is 24.3 Å². The second-order valence-corrected chi connectivity index (χ2v) is 7.46. The van der Waals surface area contributed by atoms with E-state index in [1.165, 1.54) is 11.1 Å². The van der Waals surface area contributed by atoms with E-state index in [1.807, 2.05) is 0 Å². The minimum absolute atomic E-state index is 0.0375. The maximum Gasteiger partial charge on any atom is 0.242 e. The number of nitrogens with zero attached hydrogens (tertiary/aromatic N) is 2. The Kier molecular flexibility index (Phi) is 3.43. The van der Waals surface area contributed by atoms with Crippen molar-refractivity contribution in [3.63, 3.8) is 0 Å². The van der Waals surface area contributed by atoms with Crippen LogP contribution in [-0.2, 0) is 22.4 Å². The maximum absolute atomic E-state index is 12.8. The first-order chi connectivity index (χ1) is 11.1. The summed E-state index contributed by atoms with van der Waals surface area (Å²) in [5.74, 6) is 0.434. The van der Waals surface area contributed by atoms with Crippen molar-refractivity contribution in [3.05, 3.63) is 35.4 Å². The number of likely N-dealkylation sites (N-methyl/N-ethyl adjacent to an activating group) is 1. The number of fused-ring (bicyclic) bond motifs is 1. The van der Waals surface area contributed by atoms with Crippen molar-refractivity contribution in [2.75, 3.05) is 20.1 Å². The molecule has 0 bridgehead atoms. The summed E-state index contributed by atoms with van der Waals surface area (Å²) in [5.41, 5.74) is 2.73. The monoisotopic (exact) mass is 312 g/mol. The van der Waals surface area contributed by atoms with Crippen LogP contribution < -0.4 is 0 Å². The highest BCUT2D eigenvalue weighted by Crippen LogP contribution is 2.42. The van der Waals surface area contributed by atoms with Crippen molar-refractivity contribution >= 4 is 11.8 Å². The van der Waals surface area contributed by atoms with Gasteiger partial charge in [0.15, 0.2) is 0 Å². The molecule has 1 aromatic carbocycles. The Morgan fingerprint density at radius 1 is 1.22 bits per heavy atom. The molecule has 1 spiro atoms. The molecule has 1 aliphatic heterocycles. The van der Waals surface area contributed by atoms with Crippen LogP contribution in [0.3, 0.4) is 0 Å². The molecule has 2 fully saturated rings. The molecule has 0 radical (unpaired) electrons. The van der Waals surface area contributed by atoms with Crippen LogP contribution >= 0.6 is 0 Å². The third-order valence-electron chi connectivity index (χ3n) is 5.73. The fourth-order valence-electron chi connectivity index (χ4n) is 4.38. The Balaban J connectivity index is 1.48. The molecule has 4 rings (SSSR count). The summed E-state index contributed by atoms with van der Waals surface area (Å²) in [7, 11) is 1.77. The van der Waals surface area contributed by atoms with E-state index in [0.717, 1.165) is 45.1 Å². The molecule has 1 saturated heterocycles. The summed E-state index contributed by atoms with van der Waals surface area (Å²) in [5, 5.41) is 0. The summed E-state index contributed by atoms with van der Waals surface area (Å²) >= 11 is 0. The summed E-state index contributed by atoms with van der Waals surface area (Å²) in [4.78, 5) is 28.7. The number of rotatable bonds is 3. The largest absolute Gasteiger partial charge is 0.336 e. The quantitative estimate of drug-likeness (QED) is 0.857. The van der Waals surface area contributed by atoms with Gasteiger partial charge >= 0.3 is 0 Å². The molecule has 4 heteroatoms. The standard InChI is InChI=1S/C19H24N2O2/c1-20(18(23)14-7-8-14)13-17(22)21-10-4-9-19(21)11-15-5-2-3-6-16(15)12-19/h2-3,5-6,14H,4,7-13H2,1H3. The van der Waals surface area contributed by atoms with Crippen LogP contribution in [0.2, 0.25) is 0 Å². The fourth-order valence-corrected chi connectivity index (χ4v) is 4.38. The highest BCUT2D eigenvalue weighted by molar-refractivity contribution is 5.87. The lowest BCUT2D eigenvalue weighted by Gasteiger charge is -2.36. The lowest BCUT2D eigenvalue weighted by atomic mass is 9.92. The minimum atomic E-state index is -0.0375. The molecule has 1 heterocycles. The normalized spacial score (nSPS) is 21.5. The number of amides is 2.